The molecule has 0 saturated carbocycles. The number of hydrogen-bond acceptors (Lipinski definition) is 3. The van der Waals surface area contributed by atoms with Gasteiger partial charge in [0.25, 0.3) is 0 Å². The Morgan fingerprint density at radius 1 is 1.00 bits per heavy atom. The lowest BCUT2D eigenvalue weighted by Gasteiger charge is -2.03. The first-order chi connectivity index (χ1) is 7.68. The van der Waals surface area contributed by atoms with Crippen LogP contribution in [0.2, 0.25) is 0 Å². The van der Waals surface area contributed by atoms with Crippen LogP contribution in [0.1, 0.15) is 27.0 Å². The van der Waals surface area contributed by atoms with Crippen molar-refractivity contribution in [3.05, 3.63) is 59.2 Å². The fraction of sp³-hybridized carbons (Fsp3) is 0.154. The molecule has 2 aromatic rings. The summed E-state index contributed by atoms with van der Waals surface area (Å²) in [5.74, 6) is -0.0382. The zero-order chi connectivity index (χ0) is 11.5. The highest BCUT2D eigenvalue weighted by molar-refractivity contribution is 6.08. The molecular formula is C13H12N2O. The van der Waals surface area contributed by atoms with Gasteiger partial charge >= 0.3 is 0 Å². The van der Waals surface area contributed by atoms with E-state index in [1.165, 1.54) is 24.3 Å². The van der Waals surface area contributed by atoms with E-state index in [4.69, 9.17) is 0 Å². The average molecular weight is 212 g/mol. The molecule has 0 spiro atoms. The minimum atomic E-state index is -0.0382. The molecule has 0 amide bonds. The number of ketones is 1. The molecule has 0 aliphatic rings. The second kappa shape index (κ2) is 4.23. The molecule has 2 rings (SSSR count). The Balaban J connectivity index is 2.39. The van der Waals surface area contributed by atoms with E-state index in [0.717, 1.165) is 5.56 Å². The molecule has 0 atom stereocenters. The molecule has 0 unspecified atom stereocenters. The summed E-state index contributed by atoms with van der Waals surface area (Å²) in [6, 6.07) is 5.68. The summed E-state index contributed by atoms with van der Waals surface area (Å²) in [4.78, 5) is 19.7. The van der Waals surface area contributed by atoms with Crippen molar-refractivity contribution >= 4 is 5.78 Å². The van der Waals surface area contributed by atoms with Crippen LogP contribution in [0, 0.1) is 13.8 Å². The van der Waals surface area contributed by atoms with Crippen LogP contribution in [0.5, 0.6) is 0 Å². The Labute approximate surface area is 94.2 Å². The summed E-state index contributed by atoms with van der Waals surface area (Å²) >= 11 is 0. The van der Waals surface area contributed by atoms with Crippen molar-refractivity contribution in [3.8, 4) is 0 Å². The van der Waals surface area contributed by atoms with Gasteiger partial charge in [0, 0.05) is 18.0 Å². The molecule has 0 bridgehead atoms. The molecule has 0 saturated heterocycles. The summed E-state index contributed by atoms with van der Waals surface area (Å²) in [7, 11) is 0. The molecule has 3 nitrogen and oxygen atoms in total. The maximum atomic E-state index is 12.0. The SMILES string of the molecule is Cc1ccc(C(=O)c2cncnc2)cc1C. The van der Waals surface area contributed by atoms with Crippen LogP contribution in [-0.4, -0.2) is 15.8 Å². The van der Waals surface area contributed by atoms with Gasteiger partial charge in [-0.2, -0.15) is 0 Å². The lowest BCUT2D eigenvalue weighted by molar-refractivity contribution is 0.103. The first-order valence-corrected chi connectivity index (χ1v) is 5.05. The Morgan fingerprint density at radius 3 is 2.31 bits per heavy atom. The molecule has 16 heavy (non-hydrogen) atoms. The summed E-state index contributed by atoms with van der Waals surface area (Å²) in [6.07, 6.45) is 4.48. The van der Waals surface area contributed by atoms with E-state index in [1.807, 2.05) is 32.0 Å². The van der Waals surface area contributed by atoms with Crippen molar-refractivity contribution < 1.29 is 4.79 Å². The van der Waals surface area contributed by atoms with Gasteiger partial charge in [0.2, 0.25) is 0 Å². The molecule has 1 aromatic carbocycles. The van der Waals surface area contributed by atoms with Gasteiger partial charge in [0.15, 0.2) is 5.78 Å². The summed E-state index contributed by atoms with van der Waals surface area (Å²) in [6.45, 7) is 4.02. The zero-order valence-corrected chi connectivity index (χ0v) is 9.27. The molecule has 3 heteroatoms. The minimum Gasteiger partial charge on any atom is -0.288 e. The third-order valence-corrected chi connectivity index (χ3v) is 2.59. The fourth-order valence-corrected chi connectivity index (χ4v) is 1.47. The number of benzene rings is 1. The second-order valence-corrected chi connectivity index (χ2v) is 3.76. The predicted molar refractivity (Wildman–Crippen MR) is 61.4 cm³/mol. The van der Waals surface area contributed by atoms with Gasteiger partial charge in [0.1, 0.15) is 6.33 Å². The monoisotopic (exact) mass is 212 g/mol. The molecule has 0 radical (unpaired) electrons. The van der Waals surface area contributed by atoms with E-state index in [0.29, 0.717) is 11.1 Å². The third kappa shape index (κ3) is 1.98. The van der Waals surface area contributed by atoms with Crippen molar-refractivity contribution in [1.29, 1.82) is 0 Å². The van der Waals surface area contributed by atoms with Crippen molar-refractivity contribution in [2.24, 2.45) is 0 Å². The van der Waals surface area contributed by atoms with Crippen molar-refractivity contribution in [3.63, 3.8) is 0 Å². The predicted octanol–water partition coefficient (Wildman–Crippen LogP) is 2.32. The highest BCUT2D eigenvalue weighted by Gasteiger charge is 2.09. The maximum absolute atomic E-state index is 12.0. The Morgan fingerprint density at radius 2 is 1.69 bits per heavy atom. The van der Waals surface area contributed by atoms with E-state index in [1.54, 1.807) is 0 Å². The van der Waals surface area contributed by atoms with Crippen LogP contribution in [0.4, 0.5) is 0 Å². The standard InChI is InChI=1S/C13H12N2O/c1-9-3-4-11(5-10(9)2)13(16)12-6-14-8-15-7-12/h3-8H,1-2H3. The molecule has 80 valence electrons. The minimum absolute atomic E-state index is 0.0382. The first-order valence-electron chi connectivity index (χ1n) is 5.05. The van der Waals surface area contributed by atoms with Crippen molar-refractivity contribution in [2.75, 3.05) is 0 Å². The quantitative estimate of drug-likeness (QED) is 0.717. The Kier molecular flexibility index (Phi) is 2.77. The first kappa shape index (κ1) is 10.5. The van der Waals surface area contributed by atoms with Gasteiger partial charge in [-0.25, -0.2) is 9.97 Å². The zero-order valence-electron chi connectivity index (χ0n) is 9.27. The molecule has 1 heterocycles. The second-order valence-electron chi connectivity index (χ2n) is 3.76. The number of aryl methyl sites for hydroxylation is 2. The van der Waals surface area contributed by atoms with E-state index < -0.39 is 0 Å². The highest BCUT2D eigenvalue weighted by Crippen LogP contribution is 2.13. The van der Waals surface area contributed by atoms with Gasteiger partial charge in [-0.3, -0.25) is 4.79 Å². The van der Waals surface area contributed by atoms with Crippen LogP contribution in [0.25, 0.3) is 0 Å². The number of nitrogens with zero attached hydrogens (tertiary/aromatic N) is 2. The largest absolute Gasteiger partial charge is 0.288 e. The van der Waals surface area contributed by atoms with Crippen molar-refractivity contribution in [1.82, 2.24) is 9.97 Å². The van der Waals surface area contributed by atoms with E-state index in [2.05, 4.69) is 9.97 Å². The molecule has 0 fully saturated rings. The number of carbonyl (C=O) groups is 1. The third-order valence-electron chi connectivity index (χ3n) is 2.59. The van der Waals surface area contributed by atoms with Crippen LogP contribution in [0.3, 0.4) is 0 Å². The topological polar surface area (TPSA) is 42.9 Å². The summed E-state index contributed by atoms with van der Waals surface area (Å²) < 4.78 is 0. The van der Waals surface area contributed by atoms with Gasteiger partial charge < -0.3 is 0 Å². The normalized spacial score (nSPS) is 10.1. The van der Waals surface area contributed by atoms with Gasteiger partial charge in [-0.1, -0.05) is 12.1 Å². The highest BCUT2D eigenvalue weighted by atomic mass is 16.1. The van der Waals surface area contributed by atoms with Gasteiger partial charge in [-0.15, -0.1) is 0 Å². The smallest absolute Gasteiger partial charge is 0.196 e. The number of aromatic nitrogens is 2. The lowest BCUT2D eigenvalue weighted by atomic mass is 10.0. The van der Waals surface area contributed by atoms with Crippen LogP contribution < -0.4 is 0 Å². The number of rotatable bonds is 2. The number of carbonyl (C=O) groups excluding carboxylic acids is 1. The fourth-order valence-electron chi connectivity index (χ4n) is 1.47. The Hall–Kier alpha value is -2.03. The van der Waals surface area contributed by atoms with E-state index >= 15 is 0 Å². The van der Waals surface area contributed by atoms with Gasteiger partial charge in [0.05, 0.1) is 5.56 Å². The summed E-state index contributed by atoms with van der Waals surface area (Å²) in [5, 5.41) is 0. The average Bonchev–Trinajstić information content (AvgIpc) is 2.33. The molecule has 0 N–H and O–H groups in total. The molecule has 0 aliphatic carbocycles. The molecular weight excluding hydrogens is 200 g/mol. The van der Waals surface area contributed by atoms with Crippen LogP contribution >= 0.6 is 0 Å². The van der Waals surface area contributed by atoms with Crippen LogP contribution in [0.15, 0.2) is 36.9 Å². The lowest BCUT2D eigenvalue weighted by Crippen LogP contribution is -2.03. The molecule has 1 aromatic heterocycles. The van der Waals surface area contributed by atoms with Crippen LogP contribution in [-0.2, 0) is 0 Å². The number of hydrogen-bond donors (Lipinski definition) is 0. The van der Waals surface area contributed by atoms with E-state index in [9.17, 15) is 4.79 Å². The summed E-state index contributed by atoms with van der Waals surface area (Å²) in [5.41, 5.74) is 3.49. The van der Waals surface area contributed by atoms with E-state index in [-0.39, 0.29) is 5.78 Å². The van der Waals surface area contributed by atoms with Gasteiger partial charge in [-0.05, 0) is 31.0 Å². The molecule has 0 aliphatic heterocycles. The maximum Gasteiger partial charge on any atom is 0.196 e. The Bertz CT molecular complexity index is 521. The van der Waals surface area contributed by atoms with Crippen molar-refractivity contribution in [2.45, 2.75) is 13.8 Å².